The molecule has 0 aromatic rings. The van der Waals surface area contributed by atoms with E-state index in [2.05, 4.69) is 12.2 Å². The second-order valence-corrected chi connectivity index (χ2v) is 7.85. The maximum absolute atomic E-state index is 3.88. The molecule has 18 heavy (non-hydrogen) atoms. The molecule has 102 valence electrons. The number of hydrogen-bond donors (Lipinski definition) is 1. The lowest BCUT2D eigenvalue weighted by atomic mass is 9.50. The lowest BCUT2D eigenvalue weighted by molar-refractivity contribution is -0.0533. The maximum atomic E-state index is 3.88. The fourth-order valence-electron chi connectivity index (χ4n) is 5.98. The van der Waals surface area contributed by atoms with Gasteiger partial charge in [-0.2, -0.15) is 0 Å². The van der Waals surface area contributed by atoms with Crippen LogP contribution in [-0.2, 0) is 0 Å². The van der Waals surface area contributed by atoms with Crippen molar-refractivity contribution in [2.75, 3.05) is 6.54 Å². The maximum Gasteiger partial charge on any atom is 0.0103 e. The van der Waals surface area contributed by atoms with E-state index in [-0.39, 0.29) is 0 Å². The minimum absolute atomic E-state index is 0.873. The molecule has 0 heterocycles. The molecule has 1 heteroatoms. The van der Waals surface area contributed by atoms with Crippen LogP contribution in [-0.4, -0.2) is 12.6 Å². The van der Waals surface area contributed by atoms with Crippen LogP contribution in [0.1, 0.15) is 58.3 Å². The summed E-state index contributed by atoms with van der Waals surface area (Å²) in [6.07, 6.45) is 12.5. The average Bonchev–Trinajstić information content (AvgIpc) is 3.11. The minimum atomic E-state index is 0.873. The van der Waals surface area contributed by atoms with Crippen molar-refractivity contribution in [3.63, 3.8) is 0 Å². The summed E-state index contributed by atoms with van der Waals surface area (Å²) in [5, 5.41) is 3.88. The van der Waals surface area contributed by atoms with Crippen LogP contribution in [0.25, 0.3) is 0 Å². The first-order valence-corrected chi connectivity index (χ1v) is 8.56. The van der Waals surface area contributed by atoms with Crippen molar-refractivity contribution in [1.82, 2.24) is 5.32 Å². The third kappa shape index (κ3) is 2.03. The second-order valence-electron chi connectivity index (χ2n) is 7.85. The molecule has 0 aromatic carbocycles. The van der Waals surface area contributed by atoms with Crippen molar-refractivity contribution < 1.29 is 0 Å². The summed E-state index contributed by atoms with van der Waals surface area (Å²) >= 11 is 0. The predicted molar refractivity (Wildman–Crippen MR) is 75.3 cm³/mol. The minimum Gasteiger partial charge on any atom is -0.314 e. The first kappa shape index (κ1) is 11.8. The van der Waals surface area contributed by atoms with Gasteiger partial charge in [0.2, 0.25) is 0 Å². The zero-order valence-electron chi connectivity index (χ0n) is 11.9. The monoisotopic (exact) mass is 247 g/mol. The lowest BCUT2D eigenvalue weighted by Gasteiger charge is -2.56. The van der Waals surface area contributed by atoms with E-state index in [9.17, 15) is 0 Å². The Balaban J connectivity index is 1.50. The van der Waals surface area contributed by atoms with Crippen LogP contribution >= 0.6 is 0 Å². The van der Waals surface area contributed by atoms with E-state index in [1.807, 2.05) is 0 Å². The summed E-state index contributed by atoms with van der Waals surface area (Å²) < 4.78 is 0. The summed E-state index contributed by atoms with van der Waals surface area (Å²) in [5.41, 5.74) is 0. The summed E-state index contributed by atoms with van der Waals surface area (Å²) in [4.78, 5) is 0. The molecule has 0 spiro atoms. The van der Waals surface area contributed by atoms with Crippen LogP contribution in [0.2, 0.25) is 0 Å². The third-order valence-electron chi connectivity index (χ3n) is 6.51. The second kappa shape index (κ2) is 4.51. The molecular weight excluding hydrogens is 218 g/mol. The average molecular weight is 247 g/mol. The van der Waals surface area contributed by atoms with Gasteiger partial charge in [0.05, 0.1) is 0 Å². The van der Waals surface area contributed by atoms with Gasteiger partial charge in [0.1, 0.15) is 0 Å². The predicted octanol–water partition coefficient (Wildman–Crippen LogP) is 3.84. The highest BCUT2D eigenvalue weighted by atomic mass is 14.9. The van der Waals surface area contributed by atoms with Gasteiger partial charge in [-0.3, -0.25) is 0 Å². The summed E-state index contributed by atoms with van der Waals surface area (Å²) in [6.45, 7) is 3.48. The van der Waals surface area contributed by atoms with E-state index < -0.39 is 0 Å². The third-order valence-corrected chi connectivity index (χ3v) is 6.51. The molecule has 5 aliphatic carbocycles. The molecule has 0 aromatic heterocycles. The normalized spacial score (nSPS) is 47.5. The smallest absolute Gasteiger partial charge is 0.0103 e. The van der Waals surface area contributed by atoms with Crippen LogP contribution in [0, 0.1) is 35.5 Å². The molecule has 5 aliphatic rings. The van der Waals surface area contributed by atoms with Crippen molar-refractivity contribution in [2.24, 2.45) is 35.5 Å². The van der Waals surface area contributed by atoms with Gasteiger partial charge >= 0.3 is 0 Å². The highest BCUT2D eigenvalue weighted by Gasteiger charge is 2.50. The fourth-order valence-corrected chi connectivity index (χ4v) is 5.98. The highest BCUT2D eigenvalue weighted by molar-refractivity contribution is 5.02. The SMILES string of the molecule is CCNC(CC1CC1)C1C2CC3CC(C2)CC1C3. The topological polar surface area (TPSA) is 12.0 Å². The van der Waals surface area contributed by atoms with Crippen LogP contribution < -0.4 is 5.32 Å². The van der Waals surface area contributed by atoms with Gasteiger partial charge in [-0.25, -0.2) is 0 Å². The molecule has 1 unspecified atom stereocenters. The van der Waals surface area contributed by atoms with Crippen molar-refractivity contribution in [3.8, 4) is 0 Å². The van der Waals surface area contributed by atoms with Crippen LogP contribution in [0.15, 0.2) is 0 Å². The van der Waals surface area contributed by atoms with E-state index in [1.54, 1.807) is 32.1 Å². The first-order chi connectivity index (χ1) is 8.83. The van der Waals surface area contributed by atoms with Crippen molar-refractivity contribution in [2.45, 2.75) is 64.3 Å². The molecule has 1 atom stereocenters. The highest BCUT2D eigenvalue weighted by Crippen LogP contribution is 2.58. The van der Waals surface area contributed by atoms with Crippen LogP contribution in [0.5, 0.6) is 0 Å². The Hall–Kier alpha value is -0.0400. The summed E-state index contributed by atoms with van der Waals surface area (Å²) in [5.74, 6) is 6.61. The van der Waals surface area contributed by atoms with Crippen molar-refractivity contribution in [1.29, 1.82) is 0 Å². The summed E-state index contributed by atoms with van der Waals surface area (Å²) in [7, 11) is 0. The Morgan fingerprint density at radius 1 is 0.944 bits per heavy atom. The van der Waals surface area contributed by atoms with Gasteiger partial charge in [-0.15, -0.1) is 0 Å². The molecule has 0 saturated heterocycles. The molecule has 0 radical (unpaired) electrons. The molecule has 5 rings (SSSR count). The molecule has 5 saturated carbocycles. The lowest BCUT2D eigenvalue weighted by Crippen LogP contribution is -2.53. The van der Waals surface area contributed by atoms with E-state index >= 15 is 0 Å². The standard InChI is InChI=1S/C17H29N/c1-2-18-16(10-11-3-4-11)17-14-6-12-5-13(8-14)9-15(17)7-12/h11-18H,2-10H2,1H3. The Morgan fingerprint density at radius 2 is 1.56 bits per heavy atom. The van der Waals surface area contributed by atoms with Crippen molar-refractivity contribution in [3.05, 3.63) is 0 Å². The summed E-state index contributed by atoms with van der Waals surface area (Å²) in [6, 6.07) is 0.873. The van der Waals surface area contributed by atoms with E-state index in [0.29, 0.717) is 0 Å². The van der Waals surface area contributed by atoms with Crippen molar-refractivity contribution >= 4 is 0 Å². The Labute approximate surface area is 112 Å². The Kier molecular flexibility index (Phi) is 2.94. The van der Waals surface area contributed by atoms with Gasteiger partial charge < -0.3 is 5.32 Å². The quantitative estimate of drug-likeness (QED) is 0.778. The Morgan fingerprint density at radius 3 is 2.06 bits per heavy atom. The van der Waals surface area contributed by atoms with Gasteiger partial charge in [-0.1, -0.05) is 19.8 Å². The van der Waals surface area contributed by atoms with E-state index in [1.165, 1.54) is 25.8 Å². The van der Waals surface area contributed by atoms with E-state index in [4.69, 9.17) is 0 Å². The molecule has 0 amide bonds. The molecule has 1 N–H and O–H groups in total. The number of nitrogens with one attached hydrogen (secondary N) is 1. The van der Waals surface area contributed by atoms with Gasteiger partial charge in [-0.05, 0) is 80.6 Å². The molecule has 4 bridgehead atoms. The largest absolute Gasteiger partial charge is 0.314 e. The molecule has 0 aliphatic heterocycles. The van der Waals surface area contributed by atoms with E-state index in [0.717, 1.165) is 41.5 Å². The zero-order chi connectivity index (χ0) is 12.1. The number of rotatable bonds is 5. The van der Waals surface area contributed by atoms with Gasteiger partial charge in [0, 0.05) is 6.04 Å². The fraction of sp³-hybridized carbons (Fsp3) is 1.00. The number of hydrogen-bond acceptors (Lipinski definition) is 1. The first-order valence-electron chi connectivity index (χ1n) is 8.56. The van der Waals surface area contributed by atoms with Crippen LogP contribution in [0.4, 0.5) is 0 Å². The molecule has 1 nitrogen and oxygen atoms in total. The van der Waals surface area contributed by atoms with Gasteiger partial charge in [0.15, 0.2) is 0 Å². The zero-order valence-corrected chi connectivity index (χ0v) is 11.9. The molecule has 5 fully saturated rings. The van der Waals surface area contributed by atoms with Gasteiger partial charge in [0.25, 0.3) is 0 Å². The molecular formula is C17H29N. The van der Waals surface area contributed by atoms with Crippen LogP contribution in [0.3, 0.4) is 0 Å². The Bertz CT molecular complexity index is 279.